The molecule has 10 aromatic rings. The standard InChI is InChI=1S/C57H42N2/c1-57(2)53-19-11-16-44-20-21-46-37-52(38-54(57)56(46)55(44)53)59(47-17-7-4-8-18-47)50-33-26-43(27-34-50)42-24-31-49(32-25-42)58(51-35-28-40-14-9-10-15-45(40)36-51)48-29-22-41(23-30-48)39-12-5-3-6-13-39/h3-38H,1-2H3. The van der Waals surface area contributed by atoms with Gasteiger partial charge in [-0.05, 0) is 138 Å². The van der Waals surface area contributed by atoms with E-state index in [1.807, 2.05) is 0 Å². The fraction of sp³-hybridized carbons (Fsp3) is 0.0526. The summed E-state index contributed by atoms with van der Waals surface area (Å²) in [5, 5.41) is 7.84. The molecule has 2 nitrogen and oxygen atoms in total. The van der Waals surface area contributed by atoms with Crippen molar-refractivity contribution >= 4 is 66.4 Å². The summed E-state index contributed by atoms with van der Waals surface area (Å²) in [6.07, 6.45) is 0. The number of rotatable bonds is 8. The summed E-state index contributed by atoms with van der Waals surface area (Å²) in [5.74, 6) is 0. The molecule has 0 amide bonds. The van der Waals surface area contributed by atoms with E-state index in [0.29, 0.717) is 0 Å². The van der Waals surface area contributed by atoms with Crippen LogP contribution in [0.5, 0.6) is 0 Å². The van der Waals surface area contributed by atoms with Gasteiger partial charge in [-0.1, -0.05) is 159 Å². The SMILES string of the molecule is CC1(C)c2cccc3ccc4cc(N(c5ccccc5)c5ccc(-c6ccc(N(c7ccc(-c8ccccc8)cc7)c7ccc8ccccc8c7)cc6)cc5)cc1c4c23. The molecule has 1 aliphatic rings. The first-order valence-electron chi connectivity index (χ1n) is 20.5. The van der Waals surface area contributed by atoms with Gasteiger partial charge in [-0.2, -0.15) is 0 Å². The van der Waals surface area contributed by atoms with E-state index in [2.05, 4.69) is 242 Å². The zero-order valence-electron chi connectivity index (χ0n) is 33.2. The lowest BCUT2D eigenvalue weighted by Crippen LogP contribution is -2.16. The summed E-state index contributed by atoms with van der Waals surface area (Å²) in [6, 6.07) is 79.7. The maximum absolute atomic E-state index is 2.43. The average Bonchev–Trinajstić information content (AvgIpc) is 3.53. The number of para-hydroxylation sites is 1. The number of anilines is 6. The molecular weight excluding hydrogens is 713 g/mol. The van der Waals surface area contributed by atoms with Crippen LogP contribution in [-0.2, 0) is 5.41 Å². The van der Waals surface area contributed by atoms with E-state index < -0.39 is 0 Å². The van der Waals surface area contributed by atoms with E-state index in [0.717, 1.165) is 28.4 Å². The Morgan fingerprint density at radius 1 is 0.271 bits per heavy atom. The van der Waals surface area contributed by atoms with Crippen molar-refractivity contribution in [1.82, 2.24) is 0 Å². The van der Waals surface area contributed by atoms with Crippen molar-refractivity contribution in [1.29, 1.82) is 0 Å². The van der Waals surface area contributed by atoms with Gasteiger partial charge in [-0.3, -0.25) is 0 Å². The molecule has 0 bridgehead atoms. The van der Waals surface area contributed by atoms with Gasteiger partial charge in [0.25, 0.3) is 0 Å². The van der Waals surface area contributed by atoms with Gasteiger partial charge in [-0.15, -0.1) is 0 Å². The third kappa shape index (κ3) is 5.96. The van der Waals surface area contributed by atoms with E-state index >= 15 is 0 Å². The molecule has 59 heavy (non-hydrogen) atoms. The summed E-state index contributed by atoms with van der Waals surface area (Å²) in [4.78, 5) is 4.75. The van der Waals surface area contributed by atoms with E-state index in [9.17, 15) is 0 Å². The highest BCUT2D eigenvalue weighted by Gasteiger charge is 2.34. The van der Waals surface area contributed by atoms with Crippen LogP contribution in [0.15, 0.2) is 218 Å². The molecule has 0 saturated carbocycles. The molecule has 0 spiro atoms. The van der Waals surface area contributed by atoms with E-state index in [1.165, 1.54) is 71.4 Å². The highest BCUT2D eigenvalue weighted by atomic mass is 15.1. The van der Waals surface area contributed by atoms with Crippen molar-refractivity contribution in [2.45, 2.75) is 19.3 Å². The maximum Gasteiger partial charge on any atom is 0.0471 e. The normalized spacial score (nSPS) is 12.7. The second kappa shape index (κ2) is 13.9. The molecule has 0 N–H and O–H groups in total. The quantitative estimate of drug-likeness (QED) is 0.143. The second-order valence-corrected chi connectivity index (χ2v) is 16.2. The molecule has 2 heteroatoms. The minimum absolute atomic E-state index is 0.0919. The lowest BCUT2D eigenvalue weighted by molar-refractivity contribution is 0.663. The Bertz CT molecular complexity index is 3150. The Hall–Kier alpha value is -7.42. The molecular formula is C57H42N2. The van der Waals surface area contributed by atoms with Crippen molar-refractivity contribution in [2.75, 3.05) is 9.80 Å². The van der Waals surface area contributed by atoms with Gasteiger partial charge in [0, 0.05) is 39.5 Å². The summed E-state index contributed by atoms with van der Waals surface area (Å²) in [6.45, 7) is 4.74. The van der Waals surface area contributed by atoms with Crippen LogP contribution in [0, 0.1) is 0 Å². The first-order valence-corrected chi connectivity index (χ1v) is 20.5. The minimum Gasteiger partial charge on any atom is -0.310 e. The van der Waals surface area contributed by atoms with Crippen molar-refractivity contribution in [3.63, 3.8) is 0 Å². The monoisotopic (exact) mass is 754 g/mol. The third-order valence-corrected chi connectivity index (χ3v) is 12.4. The van der Waals surface area contributed by atoms with Crippen molar-refractivity contribution < 1.29 is 0 Å². The maximum atomic E-state index is 2.43. The van der Waals surface area contributed by atoms with Crippen LogP contribution < -0.4 is 9.80 Å². The average molecular weight is 755 g/mol. The Kier molecular flexibility index (Phi) is 8.20. The molecule has 11 rings (SSSR count). The molecule has 0 unspecified atom stereocenters. The lowest BCUT2D eigenvalue weighted by atomic mass is 9.81. The zero-order chi connectivity index (χ0) is 39.5. The topological polar surface area (TPSA) is 6.48 Å². The fourth-order valence-corrected chi connectivity index (χ4v) is 9.34. The first kappa shape index (κ1) is 34.8. The Labute approximate surface area is 345 Å². The lowest BCUT2D eigenvalue weighted by Gasteiger charge is -2.28. The van der Waals surface area contributed by atoms with Crippen molar-refractivity contribution in [2.24, 2.45) is 0 Å². The van der Waals surface area contributed by atoms with Crippen LogP contribution in [-0.4, -0.2) is 0 Å². The number of benzene rings is 10. The van der Waals surface area contributed by atoms with Gasteiger partial charge in [-0.25, -0.2) is 0 Å². The fourth-order valence-electron chi connectivity index (χ4n) is 9.34. The molecule has 0 radical (unpaired) electrons. The van der Waals surface area contributed by atoms with Gasteiger partial charge in [0.2, 0.25) is 0 Å². The number of hydrogen-bond donors (Lipinski definition) is 0. The Balaban J connectivity index is 0.948. The smallest absolute Gasteiger partial charge is 0.0471 e. The molecule has 0 aromatic heterocycles. The summed E-state index contributed by atoms with van der Waals surface area (Å²) in [7, 11) is 0. The van der Waals surface area contributed by atoms with Gasteiger partial charge >= 0.3 is 0 Å². The van der Waals surface area contributed by atoms with Crippen LogP contribution in [0.25, 0.3) is 54.6 Å². The van der Waals surface area contributed by atoms with E-state index in [1.54, 1.807) is 0 Å². The van der Waals surface area contributed by atoms with Crippen molar-refractivity contribution in [3.05, 3.63) is 230 Å². The minimum atomic E-state index is -0.0919. The van der Waals surface area contributed by atoms with E-state index in [-0.39, 0.29) is 5.41 Å². The molecule has 0 heterocycles. The Morgan fingerprint density at radius 3 is 1.32 bits per heavy atom. The predicted molar refractivity (Wildman–Crippen MR) is 251 cm³/mol. The molecule has 0 aliphatic heterocycles. The second-order valence-electron chi connectivity index (χ2n) is 16.2. The van der Waals surface area contributed by atoms with Crippen molar-refractivity contribution in [3.8, 4) is 22.3 Å². The van der Waals surface area contributed by atoms with Crippen LogP contribution in [0.1, 0.15) is 25.0 Å². The first-order chi connectivity index (χ1) is 29.0. The van der Waals surface area contributed by atoms with E-state index in [4.69, 9.17) is 0 Å². The number of nitrogens with zero attached hydrogens (tertiary/aromatic N) is 2. The predicted octanol–water partition coefficient (Wildman–Crippen LogP) is 16.1. The van der Waals surface area contributed by atoms with Gasteiger partial charge in [0.1, 0.15) is 0 Å². The summed E-state index contributed by atoms with van der Waals surface area (Å²) in [5.41, 5.74) is 14.2. The molecule has 0 fully saturated rings. The summed E-state index contributed by atoms with van der Waals surface area (Å²) < 4.78 is 0. The summed E-state index contributed by atoms with van der Waals surface area (Å²) >= 11 is 0. The zero-order valence-corrected chi connectivity index (χ0v) is 33.2. The third-order valence-electron chi connectivity index (χ3n) is 12.4. The molecule has 10 aromatic carbocycles. The highest BCUT2D eigenvalue weighted by molar-refractivity contribution is 6.16. The van der Waals surface area contributed by atoms with Crippen LogP contribution in [0.3, 0.4) is 0 Å². The molecule has 0 saturated heterocycles. The number of fused-ring (bicyclic) bond motifs is 1. The Morgan fingerprint density at radius 2 is 0.695 bits per heavy atom. The van der Waals surface area contributed by atoms with Crippen LogP contribution in [0.4, 0.5) is 34.1 Å². The van der Waals surface area contributed by atoms with Gasteiger partial charge in [0.05, 0.1) is 0 Å². The molecule has 1 aliphatic carbocycles. The molecule has 280 valence electrons. The van der Waals surface area contributed by atoms with Crippen LogP contribution >= 0.6 is 0 Å². The number of hydrogen-bond acceptors (Lipinski definition) is 2. The largest absolute Gasteiger partial charge is 0.310 e. The van der Waals surface area contributed by atoms with Crippen LogP contribution in [0.2, 0.25) is 0 Å². The van der Waals surface area contributed by atoms with Gasteiger partial charge < -0.3 is 9.80 Å². The highest BCUT2D eigenvalue weighted by Crippen LogP contribution is 2.51. The van der Waals surface area contributed by atoms with Gasteiger partial charge in [0.15, 0.2) is 0 Å². The molecule has 0 atom stereocenters.